The van der Waals surface area contributed by atoms with Gasteiger partial charge < -0.3 is 21.1 Å². The van der Waals surface area contributed by atoms with Gasteiger partial charge in [0.2, 0.25) is 17.8 Å². The molecule has 1 aliphatic rings. The average Bonchev–Trinajstić information content (AvgIpc) is 3.42. The highest BCUT2D eigenvalue weighted by molar-refractivity contribution is 7.15. The Morgan fingerprint density at radius 1 is 1.10 bits per heavy atom. The summed E-state index contributed by atoms with van der Waals surface area (Å²) in [5.74, 6) is -0.424. The second-order valence-corrected chi connectivity index (χ2v) is 11.3. The fraction of sp³-hybridized carbons (Fsp3) is 0.464. The lowest BCUT2D eigenvalue weighted by molar-refractivity contribution is -0.141. The first kappa shape index (κ1) is 30.4. The molecular weight excluding hydrogens is 557 g/mol. The number of hydrogen-bond acceptors (Lipinski definition) is 8. The van der Waals surface area contributed by atoms with E-state index in [4.69, 9.17) is 0 Å². The monoisotopic (exact) mass is 590 g/mol. The van der Waals surface area contributed by atoms with Crippen molar-refractivity contribution in [2.45, 2.75) is 64.1 Å². The third-order valence-electron chi connectivity index (χ3n) is 6.93. The lowest BCUT2D eigenvalue weighted by Crippen LogP contribution is -2.38. The first-order chi connectivity index (χ1) is 19.4. The third kappa shape index (κ3) is 8.23. The van der Waals surface area contributed by atoms with E-state index in [1.54, 1.807) is 18.3 Å². The molecule has 9 nitrogen and oxygen atoms in total. The molecule has 3 aromatic rings. The lowest BCUT2D eigenvalue weighted by Gasteiger charge is -2.33. The quantitative estimate of drug-likeness (QED) is 0.242. The summed E-state index contributed by atoms with van der Waals surface area (Å²) in [5.41, 5.74) is 0.0175. The topological polar surface area (TPSA) is 129 Å². The Labute approximate surface area is 240 Å². The SMILES string of the molecule is CC(=O)NCCCCNC(=O)C1CCC(O)(c2ncc(-c3cc(C)cc(Nc4nccc(C(F)(F)F)n4)c3)s2)CC1. The number of nitrogens with zero attached hydrogens (tertiary/aromatic N) is 3. The Morgan fingerprint density at radius 2 is 1.80 bits per heavy atom. The number of thiazole rings is 1. The second kappa shape index (κ2) is 12.9. The average molecular weight is 591 g/mol. The van der Waals surface area contributed by atoms with Crippen molar-refractivity contribution < 1.29 is 27.9 Å². The normalized spacial score (nSPS) is 19.0. The minimum absolute atomic E-state index is 0.0176. The molecule has 1 aliphatic carbocycles. The van der Waals surface area contributed by atoms with Gasteiger partial charge in [-0.05, 0) is 74.8 Å². The van der Waals surface area contributed by atoms with E-state index in [1.165, 1.54) is 18.3 Å². The number of halogens is 3. The van der Waals surface area contributed by atoms with Crippen LogP contribution < -0.4 is 16.0 Å². The minimum Gasteiger partial charge on any atom is -0.383 e. The molecule has 0 saturated heterocycles. The predicted molar refractivity (Wildman–Crippen MR) is 149 cm³/mol. The van der Waals surface area contributed by atoms with Crippen LogP contribution in [0.5, 0.6) is 0 Å². The number of amides is 2. The zero-order valence-corrected chi connectivity index (χ0v) is 23.7. The number of hydrogen-bond donors (Lipinski definition) is 4. The van der Waals surface area contributed by atoms with E-state index in [-0.39, 0.29) is 23.7 Å². The largest absolute Gasteiger partial charge is 0.433 e. The van der Waals surface area contributed by atoms with E-state index in [9.17, 15) is 27.9 Å². The van der Waals surface area contributed by atoms with Crippen molar-refractivity contribution >= 4 is 34.8 Å². The zero-order valence-electron chi connectivity index (χ0n) is 22.8. The van der Waals surface area contributed by atoms with Crippen LogP contribution in [0.3, 0.4) is 0 Å². The first-order valence-corrected chi connectivity index (χ1v) is 14.2. The lowest BCUT2D eigenvalue weighted by atomic mass is 9.78. The molecule has 0 bridgehead atoms. The van der Waals surface area contributed by atoms with E-state index in [0.717, 1.165) is 41.1 Å². The highest BCUT2D eigenvalue weighted by Crippen LogP contribution is 2.43. The highest BCUT2D eigenvalue weighted by Gasteiger charge is 2.39. The van der Waals surface area contributed by atoms with Crippen LogP contribution in [0.15, 0.2) is 36.7 Å². The Balaban J connectivity index is 1.36. The standard InChI is InChI=1S/C28H33F3N6O3S/c1-17-13-20(15-21(14-17)36-26-34-12-7-23(37-26)28(29,30)31)22-16-35-25(41-22)27(40)8-5-19(6-9-27)24(39)33-11-4-3-10-32-18(2)38/h7,12-16,19,40H,3-6,8-11H2,1-2H3,(H,32,38)(H,33,39)(H,34,36,37). The predicted octanol–water partition coefficient (Wildman–Crippen LogP) is 5.08. The second-order valence-electron chi connectivity index (χ2n) is 10.3. The Morgan fingerprint density at radius 3 is 2.49 bits per heavy atom. The molecule has 220 valence electrons. The molecule has 0 aliphatic heterocycles. The van der Waals surface area contributed by atoms with Gasteiger partial charge in [-0.15, -0.1) is 11.3 Å². The Bertz CT molecular complexity index is 1370. The van der Waals surface area contributed by atoms with E-state index in [0.29, 0.717) is 49.5 Å². The van der Waals surface area contributed by atoms with Gasteiger partial charge in [-0.25, -0.2) is 15.0 Å². The van der Waals surface area contributed by atoms with Crippen LogP contribution >= 0.6 is 11.3 Å². The van der Waals surface area contributed by atoms with Crippen LogP contribution in [-0.4, -0.2) is 45.0 Å². The molecule has 4 rings (SSSR count). The molecule has 1 aromatic carbocycles. The molecule has 0 atom stereocenters. The maximum atomic E-state index is 13.0. The van der Waals surface area contributed by atoms with Crippen LogP contribution in [0.4, 0.5) is 24.8 Å². The molecule has 0 unspecified atom stereocenters. The number of unbranched alkanes of at least 4 members (excludes halogenated alkanes) is 1. The summed E-state index contributed by atoms with van der Waals surface area (Å²) in [6.07, 6.45) is 1.62. The van der Waals surface area contributed by atoms with Gasteiger partial charge in [0.1, 0.15) is 16.3 Å². The number of aliphatic hydroxyl groups is 1. The van der Waals surface area contributed by atoms with Crippen LogP contribution in [0.2, 0.25) is 0 Å². The van der Waals surface area contributed by atoms with Gasteiger partial charge in [0.05, 0.1) is 4.88 Å². The summed E-state index contributed by atoms with van der Waals surface area (Å²) in [4.78, 5) is 36.3. The minimum atomic E-state index is -4.57. The fourth-order valence-electron chi connectivity index (χ4n) is 4.77. The summed E-state index contributed by atoms with van der Waals surface area (Å²) in [5, 5.41) is 20.5. The number of rotatable bonds is 10. The van der Waals surface area contributed by atoms with Crippen LogP contribution in [0, 0.1) is 12.8 Å². The van der Waals surface area contributed by atoms with E-state index in [1.807, 2.05) is 13.0 Å². The number of alkyl halides is 3. The number of anilines is 2. The van der Waals surface area contributed by atoms with Crippen molar-refractivity contribution in [3.05, 3.63) is 52.9 Å². The van der Waals surface area contributed by atoms with Crippen molar-refractivity contribution in [1.29, 1.82) is 0 Å². The Hall–Kier alpha value is -3.58. The molecule has 2 heterocycles. The highest BCUT2D eigenvalue weighted by atomic mass is 32.1. The fourth-order valence-corrected chi connectivity index (χ4v) is 5.82. The summed E-state index contributed by atoms with van der Waals surface area (Å²) in [7, 11) is 0. The van der Waals surface area contributed by atoms with Crippen molar-refractivity contribution in [2.24, 2.45) is 5.92 Å². The summed E-state index contributed by atoms with van der Waals surface area (Å²) < 4.78 is 39.1. The zero-order chi connectivity index (χ0) is 29.6. The number of carbonyl (C=O) groups is 2. The summed E-state index contributed by atoms with van der Waals surface area (Å²) >= 11 is 1.35. The van der Waals surface area contributed by atoms with Crippen molar-refractivity contribution in [3.8, 4) is 10.4 Å². The van der Waals surface area contributed by atoms with E-state index in [2.05, 4.69) is 30.9 Å². The molecule has 2 amide bonds. The van der Waals surface area contributed by atoms with Gasteiger partial charge in [-0.1, -0.05) is 6.07 Å². The number of benzene rings is 1. The van der Waals surface area contributed by atoms with Gasteiger partial charge in [0.25, 0.3) is 0 Å². The van der Waals surface area contributed by atoms with Gasteiger partial charge in [0, 0.05) is 44.0 Å². The molecule has 41 heavy (non-hydrogen) atoms. The molecule has 1 saturated carbocycles. The molecule has 0 spiro atoms. The van der Waals surface area contributed by atoms with Crippen LogP contribution in [0.25, 0.3) is 10.4 Å². The summed E-state index contributed by atoms with van der Waals surface area (Å²) in [6, 6.07) is 6.29. The van der Waals surface area contributed by atoms with Crippen LogP contribution in [-0.2, 0) is 21.4 Å². The van der Waals surface area contributed by atoms with Gasteiger partial charge >= 0.3 is 6.18 Å². The van der Waals surface area contributed by atoms with Gasteiger partial charge in [0.15, 0.2) is 0 Å². The number of carbonyl (C=O) groups excluding carboxylic acids is 2. The third-order valence-corrected chi connectivity index (χ3v) is 8.17. The van der Waals surface area contributed by atoms with Crippen molar-refractivity contribution in [2.75, 3.05) is 18.4 Å². The summed E-state index contributed by atoms with van der Waals surface area (Å²) in [6.45, 7) is 4.47. The smallest absolute Gasteiger partial charge is 0.383 e. The van der Waals surface area contributed by atoms with Crippen molar-refractivity contribution in [1.82, 2.24) is 25.6 Å². The van der Waals surface area contributed by atoms with E-state index >= 15 is 0 Å². The molecule has 2 aromatic heterocycles. The van der Waals surface area contributed by atoms with E-state index < -0.39 is 17.5 Å². The maximum Gasteiger partial charge on any atom is 0.433 e. The number of nitrogens with one attached hydrogen (secondary N) is 3. The first-order valence-electron chi connectivity index (χ1n) is 13.4. The van der Waals surface area contributed by atoms with Crippen molar-refractivity contribution in [3.63, 3.8) is 0 Å². The molecule has 4 N–H and O–H groups in total. The maximum absolute atomic E-state index is 13.0. The van der Waals surface area contributed by atoms with Crippen LogP contribution in [0.1, 0.15) is 61.7 Å². The molecule has 1 fully saturated rings. The molecule has 13 heteroatoms. The molecule has 0 radical (unpaired) electrons. The molecular formula is C28H33F3N6O3S. The Kier molecular flexibility index (Phi) is 9.59. The van der Waals surface area contributed by atoms with Gasteiger partial charge in [-0.2, -0.15) is 13.2 Å². The number of aryl methyl sites for hydroxylation is 1. The van der Waals surface area contributed by atoms with Gasteiger partial charge in [-0.3, -0.25) is 9.59 Å². The number of aromatic nitrogens is 3.